The van der Waals surface area contributed by atoms with Crippen molar-refractivity contribution in [1.82, 2.24) is 20.1 Å². The molecule has 21 heavy (non-hydrogen) atoms. The topological polar surface area (TPSA) is 42.7 Å². The van der Waals surface area contributed by atoms with Crippen LogP contribution in [0, 0.1) is 20.8 Å². The zero-order valence-corrected chi connectivity index (χ0v) is 14.5. The summed E-state index contributed by atoms with van der Waals surface area (Å²) in [6.07, 6.45) is 3.16. The lowest BCUT2D eigenvalue weighted by atomic mass is 10.0. The van der Waals surface area contributed by atoms with Crippen LogP contribution in [0.25, 0.3) is 0 Å². The van der Waals surface area contributed by atoms with Crippen molar-refractivity contribution in [2.24, 2.45) is 7.05 Å². The lowest BCUT2D eigenvalue weighted by Gasteiger charge is -2.18. The largest absolute Gasteiger partial charge is 0.313 e. The van der Waals surface area contributed by atoms with Gasteiger partial charge in [-0.3, -0.25) is 4.68 Å². The van der Waals surface area contributed by atoms with Gasteiger partial charge in [-0.1, -0.05) is 6.92 Å². The average Bonchev–Trinajstić information content (AvgIpc) is 2.94. The number of hydrogen-bond donors (Lipinski definition) is 1. The molecule has 1 N–H and O–H groups in total. The quantitative estimate of drug-likeness (QED) is 0.855. The number of nitrogens with one attached hydrogen (secondary N) is 1. The highest BCUT2D eigenvalue weighted by atomic mass is 32.1. The van der Waals surface area contributed by atoms with Gasteiger partial charge in [-0.2, -0.15) is 5.10 Å². The van der Waals surface area contributed by atoms with E-state index < -0.39 is 0 Å². The van der Waals surface area contributed by atoms with Crippen molar-refractivity contribution in [3.8, 4) is 0 Å². The van der Waals surface area contributed by atoms with Gasteiger partial charge < -0.3 is 5.32 Å². The molecule has 0 aliphatic rings. The highest BCUT2D eigenvalue weighted by Gasteiger charge is 2.17. The summed E-state index contributed by atoms with van der Waals surface area (Å²) >= 11 is 1.76. The van der Waals surface area contributed by atoms with Crippen LogP contribution in [0.3, 0.4) is 0 Å². The maximum absolute atomic E-state index is 4.61. The van der Waals surface area contributed by atoms with E-state index in [9.17, 15) is 0 Å². The molecule has 0 aromatic carbocycles. The molecule has 0 bridgehead atoms. The van der Waals surface area contributed by atoms with E-state index >= 15 is 0 Å². The molecular weight excluding hydrogens is 280 g/mol. The third-order valence-electron chi connectivity index (χ3n) is 3.88. The van der Waals surface area contributed by atoms with Gasteiger partial charge in [-0.15, -0.1) is 11.3 Å². The molecule has 1 unspecified atom stereocenters. The van der Waals surface area contributed by atoms with Gasteiger partial charge in [-0.05, 0) is 45.7 Å². The van der Waals surface area contributed by atoms with Crippen LogP contribution < -0.4 is 5.32 Å². The van der Waals surface area contributed by atoms with E-state index in [0.29, 0.717) is 6.04 Å². The molecule has 0 amide bonds. The number of rotatable bonds is 7. The molecular formula is C16H26N4S. The molecule has 0 fully saturated rings. The summed E-state index contributed by atoms with van der Waals surface area (Å²) in [7, 11) is 2.02. The van der Waals surface area contributed by atoms with Crippen LogP contribution in [-0.4, -0.2) is 27.4 Å². The Labute approximate surface area is 131 Å². The van der Waals surface area contributed by atoms with Gasteiger partial charge in [0.2, 0.25) is 0 Å². The van der Waals surface area contributed by atoms with E-state index in [0.717, 1.165) is 37.2 Å². The minimum atomic E-state index is 0.428. The van der Waals surface area contributed by atoms with E-state index in [1.54, 1.807) is 11.3 Å². The minimum Gasteiger partial charge on any atom is -0.313 e. The zero-order chi connectivity index (χ0) is 15.4. The first-order valence-electron chi connectivity index (χ1n) is 7.64. The Kier molecular flexibility index (Phi) is 5.53. The van der Waals surface area contributed by atoms with Crippen LogP contribution >= 0.6 is 11.3 Å². The van der Waals surface area contributed by atoms with Crippen molar-refractivity contribution in [1.29, 1.82) is 0 Å². The van der Waals surface area contributed by atoms with E-state index in [1.165, 1.54) is 16.3 Å². The van der Waals surface area contributed by atoms with Crippen LogP contribution in [0.1, 0.15) is 41.0 Å². The molecule has 0 saturated heterocycles. The van der Waals surface area contributed by atoms with Gasteiger partial charge >= 0.3 is 0 Å². The van der Waals surface area contributed by atoms with Crippen LogP contribution in [0.5, 0.6) is 0 Å². The summed E-state index contributed by atoms with van der Waals surface area (Å²) in [5.41, 5.74) is 4.91. The normalized spacial score (nSPS) is 12.8. The Bertz CT molecular complexity index is 585. The molecule has 0 spiro atoms. The molecule has 0 saturated carbocycles. The van der Waals surface area contributed by atoms with Crippen LogP contribution in [-0.2, 0) is 19.9 Å². The molecule has 0 aliphatic carbocycles. The Morgan fingerprint density at radius 1 is 1.29 bits per heavy atom. The first-order valence-corrected chi connectivity index (χ1v) is 8.52. The molecule has 2 heterocycles. The number of aryl methyl sites for hydroxylation is 3. The predicted octanol–water partition coefficient (Wildman–Crippen LogP) is 2.96. The molecule has 1 atom stereocenters. The summed E-state index contributed by atoms with van der Waals surface area (Å²) in [6, 6.07) is 0.428. The van der Waals surface area contributed by atoms with E-state index in [1.807, 2.05) is 11.7 Å². The fraction of sp³-hybridized carbons (Fsp3) is 0.625. The molecule has 2 aromatic heterocycles. The SMILES string of the molecule is CCCNC(Cc1nc(C)cs1)Cc1c(C)nn(C)c1C. The van der Waals surface area contributed by atoms with Crippen molar-refractivity contribution in [3.63, 3.8) is 0 Å². The van der Waals surface area contributed by atoms with E-state index in [-0.39, 0.29) is 0 Å². The molecule has 2 rings (SSSR count). The van der Waals surface area contributed by atoms with Gasteiger partial charge in [0.15, 0.2) is 0 Å². The first-order chi connectivity index (χ1) is 10.0. The average molecular weight is 306 g/mol. The second-order valence-corrected chi connectivity index (χ2v) is 6.66. The van der Waals surface area contributed by atoms with E-state index in [2.05, 4.69) is 48.5 Å². The lowest BCUT2D eigenvalue weighted by molar-refractivity contribution is 0.502. The molecule has 4 nitrogen and oxygen atoms in total. The molecule has 0 aliphatic heterocycles. The third-order valence-corrected chi connectivity index (χ3v) is 4.87. The minimum absolute atomic E-state index is 0.428. The first kappa shape index (κ1) is 16.2. The zero-order valence-electron chi connectivity index (χ0n) is 13.7. The highest BCUT2D eigenvalue weighted by molar-refractivity contribution is 7.09. The highest BCUT2D eigenvalue weighted by Crippen LogP contribution is 2.18. The van der Waals surface area contributed by atoms with Crippen LogP contribution in [0.2, 0.25) is 0 Å². The number of thiazole rings is 1. The van der Waals surface area contributed by atoms with Gasteiger partial charge in [0, 0.05) is 36.3 Å². The Morgan fingerprint density at radius 2 is 2.05 bits per heavy atom. The lowest BCUT2D eigenvalue weighted by Crippen LogP contribution is -2.34. The predicted molar refractivity (Wildman–Crippen MR) is 89.0 cm³/mol. The van der Waals surface area contributed by atoms with Crippen molar-refractivity contribution < 1.29 is 0 Å². The maximum Gasteiger partial charge on any atom is 0.0943 e. The second kappa shape index (κ2) is 7.18. The third kappa shape index (κ3) is 4.14. The smallest absolute Gasteiger partial charge is 0.0943 e. The van der Waals surface area contributed by atoms with Crippen molar-refractivity contribution >= 4 is 11.3 Å². The molecule has 2 aromatic rings. The summed E-state index contributed by atoms with van der Waals surface area (Å²) in [6.45, 7) is 9.57. The summed E-state index contributed by atoms with van der Waals surface area (Å²) in [5, 5.41) is 11.6. The molecule has 5 heteroatoms. The monoisotopic (exact) mass is 306 g/mol. The fourth-order valence-corrected chi connectivity index (χ4v) is 3.48. The van der Waals surface area contributed by atoms with Gasteiger partial charge in [-0.25, -0.2) is 4.98 Å². The van der Waals surface area contributed by atoms with Crippen LogP contribution in [0.4, 0.5) is 0 Å². The Balaban J connectivity index is 2.12. The van der Waals surface area contributed by atoms with Crippen molar-refractivity contribution in [2.75, 3.05) is 6.54 Å². The Hall–Kier alpha value is -1.20. The van der Waals surface area contributed by atoms with Gasteiger partial charge in [0.1, 0.15) is 0 Å². The van der Waals surface area contributed by atoms with Crippen molar-refractivity contribution in [3.05, 3.63) is 33.0 Å². The van der Waals surface area contributed by atoms with Crippen LogP contribution in [0.15, 0.2) is 5.38 Å². The molecule has 0 radical (unpaired) electrons. The fourth-order valence-electron chi connectivity index (χ4n) is 2.63. The van der Waals surface area contributed by atoms with Gasteiger partial charge in [0.05, 0.1) is 10.7 Å². The summed E-state index contributed by atoms with van der Waals surface area (Å²) < 4.78 is 1.98. The summed E-state index contributed by atoms with van der Waals surface area (Å²) in [5.74, 6) is 0. The second-order valence-electron chi connectivity index (χ2n) is 5.71. The van der Waals surface area contributed by atoms with Crippen molar-refractivity contribution in [2.45, 2.75) is 53.0 Å². The number of aromatic nitrogens is 3. The number of nitrogens with zero attached hydrogens (tertiary/aromatic N) is 3. The number of hydrogen-bond acceptors (Lipinski definition) is 4. The van der Waals surface area contributed by atoms with E-state index in [4.69, 9.17) is 0 Å². The Morgan fingerprint density at radius 3 is 2.57 bits per heavy atom. The molecule has 116 valence electrons. The maximum atomic E-state index is 4.61. The standard InChI is InChI=1S/C16H26N4S/c1-6-7-17-14(9-16-18-11(2)10-21-16)8-15-12(3)19-20(5)13(15)4/h10,14,17H,6-9H2,1-5H3. The van der Waals surface area contributed by atoms with Gasteiger partial charge in [0.25, 0.3) is 0 Å². The summed E-state index contributed by atoms with van der Waals surface area (Å²) in [4.78, 5) is 4.61.